The number of benzene rings is 1. The SMILES string of the molecule is Cc1ccc(C=NN=C2SCC(=O)N2CC2CC2)cc1. The minimum Gasteiger partial charge on any atom is -0.289 e. The van der Waals surface area contributed by atoms with Crippen molar-refractivity contribution in [3.8, 4) is 0 Å². The number of amides is 1. The average Bonchev–Trinajstić information content (AvgIpc) is 3.20. The van der Waals surface area contributed by atoms with Crippen molar-refractivity contribution in [2.75, 3.05) is 12.3 Å². The van der Waals surface area contributed by atoms with Gasteiger partial charge in [0.15, 0.2) is 5.17 Å². The number of carbonyl (C=O) groups is 1. The molecule has 20 heavy (non-hydrogen) atoms. The van der Waals surface area contributed by atoms with E-state index in [1.807, 2.05) is 24.3 Å². The molecule has 2 aliphatic rings. The molecule has 1 aliphatic carbocycles. The third kappa shape index (κ3) is 3.28. The van der Waals surface area contributed by atoms with Crippen LogP contribution in [-0.2, 0) is 4.79 Å². The fourth-order valence-corrected chi connectivity index (χ4v) is 2.85. The Hall–Kier alpha value is -1.62. The molecule has 2 fully saturated rings. The van der Waals surface area contributed by atoms with Crippen LogP contribution in [0.4, 0.5) is 0 Å². The summed E-state index contributed by atoms with van der Waals surface area (Å²) in [6.07, 6.45) is 4.19. The van der Waals surface area contributed by atoms with Crippen LogP contribution in [0.2, 0.25) is 0 Å². The Morgan fingerprint density at radius 3 is 2.80 bits per heavy atom. The number of hydrogen-bond donors (Lipinski definition) is 0. The normalized spacial score (nSPS) is 21.4. The van der Waals surface area contributed by atoms with Crippen LogP contribution in [0.3, 0.4) is 0 Å². The molecule has 0 radical (unpaired) electrons. The molecule has 1 saturated carbocycles. The third-order valence-corrected chi connectivity index (χ3v) is 4.37. The van der Waals surface area contributed by atoms with E-state index in [4.69, 9.17) is 0 Å². The molecule has 0 bridgehead atoms. The molecule has 0 aromatic heterocycles. The molecular weight excluding hydrogens is 270 g/mol. The lowest BCUT2D eigenvalue weighted by Crippen LogP contribution is -2.31. The van der Waals surface area contributed by atoms with Crippen LogP contribution in [0.1, 0.15) is 24.0 Å². The number of aryl methyl sites for hydroxylation is 1. The van der Waals surface area contributed by atoms with Gasteiger partial charge in [-0.15, -0.1) is 5.10 Å². The lowest BCUT2D eigenvalue weighted by atomic mass is 10.2. The van der Waals surface area contributed by atoms with Gasteiger partial charge >= 0.3 is 0 Å². The van der Waals surface area contributed by atoms with E-state index in [9.17, 15) is 4.79 Å². The molecule has 0 atom stereocenters. The van der Waals surface area contributed by atoms with Gasteiger partial charge in [-0.05, 0) is 31.2 Å². The smallest absolute Gasteiger partial charge is 0.239 e. The first-order valence-electron chi connectivity index (χ1n) is 6.83. The van der Waals surface area contributed by atoms with Crippen molar-refractivity contribution in [2.24, 2.45) is 16.1 Å². The van der Waals surface area contributed by atoms with Gasteiger partial charge in [-0.2, -0.15) is 5.10 Å². The molecule has 0 spiro atoms. The van der Waals surface area contributed by atoms with E-state index in [0.29, 0.717) is 11.7 Å². The standard InChI is InChI=1S/C15H17N3OS/c1-11-2-4-12(5-3-11)8-16-17-15-18(9-13-6-7-13)14(19)10-20-15/h2-5,8,13H,6-7,9-10H2,1H3. The number of hydrogen-bond acceptors (Lipinski definition) is 4. The van der Waals surface area contributed by atoms with Gasteiger partial charge in [0.1, 0.15) is 0 Å². The highest BCUT2D eigenvalue weighted by Crippen LogP contribution is 2.32. The highest BCUT2D eigenvalue weighted by molar-refractivity contribution is 8.15. The molecule has 1 amide bonds. The Bertz CT molecular complexity index is 561. The van der Waals surface area contributed by atoms with Gasteiger partial charge < -0.3 is 0 Å². The summed E-state index contributed by atoms with van der Waals surface area (Å²) in [7, 11) is 0. The summed E-state index contributed by atoms with van der Waals surface area (Å²) >= 11 is 1.48. The van der Waals surface area contributed by atoms with Crippen molar-refractivity contribution >= 4 is 29.1 Å². The Balaban J connectivity index is 1.67. The highest BCUT2D eigenvalue weighted by Gasteiger charge is 2.33. The predicted octanol–water partition coefficient (Wildman–Crippen LogP) is 2.67. The number of thioether (sulfide) groups is 1. The van der Waals surface area contributed by atoms with Crippen LogP contribution >= 0.6 is 11.8 Å². The van der Waals surface area contributed by atoms with Gasteiger partial charge in [0.05, 0.1) is 12.0 Å². The van der Waals surface area contributed by atoms with Gasteiger partial charge in [0.2, 0.25) is 5.91 Å². The van der Waals surface area contributed by atoms with E-state index in [0.717, 1.165) is 17.3 Å². The zero-order chi connectivity index (χ0) is 13.9. The first-order valence-corrected chi connectivity index (χ1v) is 7.82. The molecule has 1 heterocycles. The molecule has 0 N–H and O–H groups in total. The Morgan fingerprint density at radius 2 is 2.10 bits per heavy atom. The molecule has 4 nitrogen and oxygen atoms in total. The third-order valence-electron chi connectivity index (χ3n) is 3.42. The molecular formula is C15H17N3OS. The number of carbonyl (C=O) groups excluding carboxylic acids is 1. The second kappa shape index (κ2) is 5.79. The molecule has 3 rings (SSSR count). The summed E-state index contributed by atoms with van der Waals surface area (Å²) in [5.41, 5.74) is 2.24. The Kier molecular flexibility index (Phi) is 3.87. The maximum absolute atomic E-state index is 11.8. The van der Waals surface area contributed by atoms with Gasteiger partial charge in [0, 0.05) is 6.54 Å². The zero-order valence-corrected chi connectivity index (χ0v) is 12.3. The molecule has 1 saturated heterocycles. The largest absolute Gasteiger partial charge is 0.289 e. The number of amidine groups is 1. The van der Waals surface area contributed by atoms with Crippen molar-refractivity contribution in [2.45, 2.75) is 19.8 Å². The molecule has 104 valence electrons. The van der Waals surface area contributed by atoms with Crippen molar-refractivity contribution in [3.05, 3.63) is 35.4 Å². The maximum atomic E-state index is 11.8. The monoisotopic (exact) mass is 287 g/mol. The van der Waals surface area contributed by atoms with Crippen molar-refractivity contribution in [1.29, 1.82) is 0 Å². The van der Waals surface area contributed by atoms with Crippen molar-refractivity contribution < 1.29 is 4.79 Å². The van der Waals surface area contributed by atoms with E-state index in [-0.39, 0.29) is 5.91 Å². The highest BCUT2D eigenvalue weighted by atomic mass is 32.2. The summed E-state index contributed by atoms with van der Waals surface area (Å²) in [5.74, 6) is 1.32. The van der Waals surface area contributed by atoms with Crippen LogP contribution in [0.15, 0.2) is 34.5 Å². The summed E-state index contributed by atoms with van der Waals surface area (Å²) in [4.78, 5) is 13.6. The minimum atomic E-state index is 0.159. The van der Waals surface area contributed by atoms with Crippen LogP contribution in [0, 0.1) is 12.8 Å². The maximum Gasteiger partial charge on any atom is 0.239 e. The number of nitrogens with zero attached hydrogens (tertiary/aromatic N) is 3. The van der Waals surface area contributed by atoms with Crippen molar-refractivity contribution in [1.82, 2.24) is 4.90 Å². The molecule has 5 heteroatoms. The predicted molar refractivity (Wildman–Crippen MR) is 83.1 cm³/mol. The van der Waals surface area contributed by atoms with E-state index in [2.05, 4.69) is 17.1 Å². The topological polar surface area (TPSA) is 45.0 Å². The van der Waals surface area contributed by atoms with E-state index in [1.165, 1.54) is 30.2 Å². The van der Waals surface area contributed by atoms with Crippen molar-refractivity contribution in [3.63, 3.8) is 0 Å². The fraction of sp³-hybridized carbons (Fsp3) is 0.400. The van der Waals surface area contributed by atoms with E-state index < -0.39 is 0 Å². The fourth-order valence-electron chi connectivity index (χ4n) is 2.01. The summed E-state index contributed by atoms with van der Waals surface area (Å²) in [5, 5.41) is 9.06. The lowest BCUT2D eigenvalue weighted by Gasteiger charge is -2.13. The molecule has 1 aromatic rings. The molecule has 1 aromatic carbocycles. The quantitative estimate of drug-likeness (QED) is 0.631. The first kappa shape index (κ1) is 13.4. The molecule has 0 unspecified atom stereocenters. The van der Waals surface area contributed by atoms with E-state index >= 15 is 0 Å². The number of rotatable bonds is 4. The molecule has 1 aliphatic heterocycles. The van der Waals surface area contributed by atoms with Gasteiger partial charge in [-0.3, -0.25) is 9.69 Å². The Labute approximate surface area is 123 Å². The Morgan fingerprint density at radius 1 is 1.35 bits per heavy atom. The van der Waals surface area contributed by atoms with Crippen LogP contribution in [0.25, 0.3) is 0 Å². The van der Waals surface area contributed by atoms with Gasteiger partial charge in [-0.25, -0.2) is 0 Å². The minimum absolute atomic E-state index is 0.159. The lowest BCUT2D eigenvalue weighted by molar-refractivity contribution is -0.124. The summed E-state index contributed by atoms with van der Waals surface area (Å²) in [6, 6.07) is 8.10. The van der Waals surface area contributed by atoms with Crippen LogP contribution in [0.5, 0.6) is 0 Å². The van der Waals surface area contributed by atoms with Crippen LogP contribution in [-0.4, -0.2) is 34.5 Å². The van der Waals surface area contributed by atoms with Crippen LogP contribution < -0.4 is 0 Å². The first-order chi connectivity index (χ1) is 9.72. The average molecular weight is 287 g/mol. The second-order valence-electron chi connectivity index (χ2n) is 5.27. The zero-order valence-electron chi connectivity index (χ0n) is 11.5. The summed E-state index contributed by atoms with van der Waals surface area (Å²) < 4.78 is 0. The second-order valence-corrected chi connectivity index (χ2v) is 6.22. The summed E-state index contributed by atoms with van der Waals surface area (Å²) in [6.45, 7) is 2.86. The van der Waals surface area contributed by atoms with E-state index in [1.54, 1.807) is 11.1 Å². The van der Waals surface area contributed by atoms with Gasteiger partial charge in [-0.1, -0.05) is 41.6 Å². The van der Waals surface area contributed by atoms with Gasteiger partial charge in [0.25, 0.3) is 0 Å².